The molecule has 0 spiro atoms. The van der Waals surface area contributed by atoms with Crippen LogP contribution in [-0.2, 0) is 4.74 Å². The molecule has 2 heterocycles. The summed E-state index contributed by atoms with van der Waals surface area (Å²) in [5.41, 5.74) is 1.57. The minimum Gasteiger partial charge on any atom is -0.393 e. The number of carbonyl (C=O) groups is 1. The first-order valence-electron chi connectivity index (χ1n) is 9.11. The Balaban J connectivity index is 1.70. The third-order valence-corrected chi connectivity index (χ3v) is 5.95. The number of aliphatic hydroxyl groups excluding tert-OH is 1. The van der Waals surface area contributed by atoms with Crippen LogP contribution in [0, 0.1) is 6.92 Å². The topological polar surface area (TPSA) is 75.8 Å². The Morgan fingerprint density at radius 1 is 1.35 bits per heavy atom. The Morgan fingerprint density at radius 3 is 2.85 bits per heavy atom. The Morgan fingerprint density at radius 2 is 2.12 bits per heavy atom. The molecule has 2 aromatic rings. The van der Waals surface area contributed by atoms with Crippen molar-refractivity contribution in [1.82, 2.24) is 10.1 Å². The number of carbonyl (C=O) groups excluding carboxylic acids is 1. The van der Waals surface area contributed by atoms with E-state index in [1.165, 1.54) is 0 Å². The van der Waals surface area contributed by atoms with Crippen LogP contribution < -0.4 is 0 Å². The van der Waals surface area contributed by atoms with Crippen molar-refractivity contribution in [3.63, 3.8) is 0 Å². The van der Waals surface area contributed by atoms with Crippen LogP contribution in [0.5, 0.6) is 0 Å². The van der Waals surface area contributed by atoms with Crippen LogP contribution in [0.15, 0.2) is 34.9 Å². The second-order valence-corrected chi connectivity index (χ2v) is 7.29. The van der Waals surface area contributed by atoms with Crippen LogP contribution >= 0.6 is 0 Å². The summed E-state index contributed by atoms with van der Waals surface area (Å²) in [5.74, 6) is 0.417. The lowest BCUT2D eigenvalue weighted by Gasteiger charge is -2.42. The van der Waals surface area contributed by atoms with E-state index in [1.807, 2.05) is 35.2 Å². The molecule has 1 aliphatic carbocycles. The van der Waals surface area contributed by atoms with Crippen LogP contribution in [0.1, 0.15) is 41.8 Å². The summed E-state index contributed by atoms with van der Waals surface area (Å²) in [6.07, 6.45) is 2.43. The van der Waals surface area contributed by atoms with Gasteiger partial charge in [0.1, 0.15) is 17.0 Å². The molecule has 26 heavy (non-hydrogen) atoms. The van der Waals surface area contributed by atoms with Gasteiger partial charge in [0.05, 0.1) is 17.7 Å². The zero-order chi connectivity index (χ0) is 18.3. The van der Waals surface area contributed by atoms with Gasteiger partial charge >= 0.3 is 0 Å². The number of aliphatic hydroxyl groups is 1. The Labute approximate surface area is 152 Å². The largest absolute Gasteiger partial charge is 0.393 e. The number of likely N-dealkylation sites (tertiary alicyclic amines) is 1. The van der Waals surface area contributed by atoms with E-state index in [-0.39, 0.29) is 17.6 Å². The molecule has 4 rings (SSSR count). The number of amides is 1. The van der Waals surface area contributed by atoms with Gasteiger partial charge in [0, 0.05) is 19.2 Å². The van der Waals surface area contributed by atoms with Crippen molar-refractivity contribution < 1.29 is 19.2 Å². The highest BCUT2D eigenvalue weighted by atomic mass is 16.5. The second kappa shape index (κ2) is 6.52. The molecule has 1 aromatic carbocycles. The summed E-state index contributed by atoms with van der Waals surface area (Å²) in [6.45, 7) is 2.38. The molecule has 2 aliphatic rings. The maximum Gasteiger partial charge on any atom is 0.260 e. The minimum absolute atomic E-state index is 0.0966. The number of aryl methyl sites for hydroxylation is 1. The minimum atomic E-state index is -0.395. The summed E-state index contributed by atoms with van der Waals surface area (Å²) in [6, 6.07) is 9.47. The van der Waals surface area contributed by atoms with E-state index in [2.05, 4.69) is 5.16 Å². The third kappa shape index (κ3) is 2.64. The molecule has 1 aromatic heterocycles. The predicted octanol–water partition coefficient (Wildman–Crippen LogP) is 2.79. The lowest BCUT2D eigenvalue weighted by Crippen LogP contribution is -2.52. The second-order valence-electron chi connectivity index (χ2n) is 7.29. The number of rotatable bonds is 3. The van der Waals surface area contributed by atoms with Crippen LogP contribution in [0.2, 0.25) is 0 Å². The molecule has 1 saturated carbocycles. The molecule has 0 radical (unpaired) electrons. The van der Waals surface area contributed by atoms with Crippen LogP contribution in [0.25, 0.3) is 11.3 Å². The first-order chi connectivity index (χ1) is 12.6. The van der Waals surface area contributed by atoms with Gasteiger partial charge in [0.25, 0.3) is 5.91 Å². The molecule has 0 bridgehead atoms. The van der Waals surface area contributed by atoms with Crippen molar-refractivity contribution >= 4 is 5.91 Å². The highest BCUT2D eigenvalue weighted by molar-refractivity contribution is 6.01. The zero-order valence-electron chi connectivity index (χ0n) is 15.1. The van der Waals surface area contributed by atoms with Crippen LogP contribution in [-0.4, -0.2) is 52.5 Å². The number of methoxy groups -OCH3 is 1. The van der Waals surface area contributed by atoms with Crippen molar-refractivity contribution in [2.45, 2.75) is 50.4 Å². The lowest BCUT2D eigenvalue weighted by molar-refractivity contribution is -0.0824. The van der Waals surface area contributed by atoms with Crippen LogP contribution in [0.4, 0.5) is 0 Å². The van der Waals surface area contributed by atoms with Crippen molar-refractivity contribution in [3.05, 3.63) is 41.7 Å². The van der Waals surface area contributed by atoms with Gasteiger partial charge in [-0.05, 0) is 32.6 Å². The Hall–Kier alpha value is -2.18. The van der Waals surface area contributed by atoms with Gasteiger partial charge in [-0.15, -0.1) is 0 Å². The summed E-state index contributed by atoms with van der Waals surface area (Å²) in [4.78, 5) is 15.3. The zero-order valence-corrected chi connectivity index (χ0v) is 15.1. The first-order valence-corrected chi connectivity index (χ1v) is 9.11. The number of aromatic nitrogens is 1. The number of benzene rings is 1. The van der Waals surface area contributed by atoms with E-state index in [0.717, 1.165) is 18.4 Å². The number of nitrogens with zero attached hydrogens (tertiary/aromatic N) is 2. The summed E-state index contributed by atoms with van der Waals surface area (Å²) < 4.78 is 11.2. The fraction of sp³-hybridized carbons (Fsp3) is 0.500. The molecule has 1 saturated heterocycles. The highest BCUT2D eigenvalue weighted by Gasteiger charge is 2.53. The fourth-order valence-corrected chi connectivity index (χ4v) is 4.48. The fourth-order valence-electron chi connectivity index (χ4n) is 4.48. The van der Waals surface area contributed by atoms with Crippen molar-refractivity contribution in [3.8, 4) is 11.3 Å². The molecule has 0 unspecified atom stereocenters. The molecule has 6 nitrogen and oxygen atoms in total. The van der Waals surface area contributed by atoms with Gasteiger partial charge in [-0.1, -0.05) is 35.5 Å². The lowest BCUT2D eigenvalue weighted by atomic mass is 9.79. The number of hydrogen-bond acceptors (Lipinski definition) is 5. The van der Waals surface area contributed by atoms with Gasteiger partial charge in [0.15, 0.2) is 0 Å². The molecule has 3 atom stereocenters. The average Bonchev–Trinajstić information content (AvgIpc) is 3.23. The number of ether oxygens (including phenoxy) is 1. The summed E-state index contributed by atoms with van der Waals surface area (Å²) in [7, 11) is 1.71. The highest BCUT2D eigenvalue weighted by Crippen LogP contribution is 2.43. The third-order valence-electron chi connectivity index (χ3n) is 5.95. The monoisotopic (exact) mass is 356 g/mol. The van der Waals surface area contributed by atoms with E-state index in [9.17, 15) is 9.90 Å². The molecule has 1 amide bonds. The van der Waals surface area contributed by atoms with Gasteiger partial charge in [-0.3, -0.25) is 4.79 Å². The van der Waals surface area contributed by atoms with E-state index in [0.29, 0.717) is 36.4 Å². The van der Waals surface area contributed by atoms with E-state index >= 15 is 0 Å². The predicted molar refractivity (Wildman–Crippen MR) is 95.7 cm³/mol. The number of hydrogen-bond donors (Lipinski definition) is 1. The molecule has 6 heteroatoms. The molecule has 2 fully saturated rings. The van der Waals surface area contributed by atoms with Crippen molar-refractivity contribution in [1.29, 1.82) is 0 Å². The molecule has 138 valence electrons. The molecule has 1 N–H and O–H groups in total. The number of fused-ring (bicyclic) bond motifs is 1. The normalized spacial score (nSPS) is 28.2. The van der Waals surface area contributed by atoms with Gasteiger partial charge in [-0.25, -0.2) is 0 Å². The van der Waals surface area contributed by atoms with Crippen molar-refractivity contribution in [2.24, 2.45) is 0 Å². The van der Waals surface area contributed by atoms with Gasteiger partial charge in [-0.2, -0.15) is 0 Å². The van der Waals surface area contributed by atoms with E-state index < -0.39 is 6.10 Å². The van der Waals surface area contributed by atoms with E-state index in [4.69, 9.17) is 9.26 Å². The quantitative estimate of drug-likeness (QED) is 0.915. The summed E-state index contributed by atoms with van der Waals surface area (Å²) >= 11 is 0. The maximum atomic E-state index is 13.4. The van der Waals surface area contributed by atoms with Crippen molar-refractivity contribution in [2.75, 3.05) is 13.7 Å². The standard InChI is InChI=1S/C20H24N2O4/c1-13-17(18(21-26-13)14-6-4-3-5-7-14)19(24)22-11-10-20(25-2)9-8-15(23)12-16(20)22/h3-7,15-16,23H,8-12H2,1-2H3/t15-,16+,20-/m1/s1. The maximum absolute atomic E-state index is 13.4. The van der Waals surface area contributed by atoms with Gasteiger partial charge < -0.3 is 19.3 Å². The van der Waals surface area contributed by atoms with E-state index in [1.54, 1.807) is 14.0 Å². The Bertz CT molecular complexity index is 803. The SMILES string of the molecule is CO[C@@]12CC[C@@H](O)C[C@@H]1N(C(=O)c1c(-c3ccccc3)noc1C)CC2. The molecule has 1 aliphatic heterocycles. The smallest absolute Gasteiger partial charge is 0.260 e. The molecular formula is C20H24N2O4. The van der Waals surface area contributed by atoms with Crippen LogP contribution in [0.3, 0.4) is 0 Å². The van der Waals surface area contributed by atoms with Gasteiger partial charge in [0.2, 0.25) is 0 Å². The average molecular weight is 356 g/mol. The first kappa shape index (κ1) is 17.2. The summed E-state index contributed by atoms with van der Waals surface area (Å²) in [5, 5.41) is 14.3. The Kier molecular flexibility index (Phi) is 4.32. The molecular weight excluding hydrogens is 332 g/mol.